The van der Waals surface area contributed by atoms with Crippen LogP contribution in [0.1, 0.15) is 23.6 Å². The van der Waals surface area contributed by atoms with Crippen molar-refractivity contribution in [1.82, 2.24) is 20.4 Å². The van der Waals surface area contributed by atoms with E-state index in [4.69, 9.17) is 0 Å². The number of aliphatic imine (C=N–C) groups is 1. The average molecular weight is 423 g/mol. The summed E-state index contributed by atoms with van der Waals surface area (Å²) < 4.78 is 15.3. The van der Waals surface area contributed by atoms with Crippen LogP contribution in [0.25, 0.3) is 0 Å². The van der Waals surface area contributed by atoms with Gasteiger partial charge >= 0.3 is 0 Å². The third-order valence-electron chi connectivity index (χ3n) is 4.54. The zero-order valence-electron chi connectivity index (χ0n) is 17.7. The summed E-state index contributed by atoms with van der Waals surface area (Å²) in [5.41, 5.74) is 3.13. The molecule has 8 heteroatoms. The van der Waals surface area contributed by atoms with Gasteiger partial charge in [-0.05, 0) is 54.8 Å². The number of hydrogen-bond acceptors (Lipinski definition) is 3. The van der Waals surface area contributed by atoms with Crippen molar-refractivity contribution in [2.45, 2.75) is 33.5 Å². The molecule has 1 heterocycles. The standard InChI is InChI=1S/C23H27FN6O/c1-3-25-23(27-15-19-9-8-17(2)21(24)13-19)26-14-18-6-4-7-20(12-18)29-22(31)16-30-11-5-10-28-30/h4-13H,3,14-16H2,1-2H3,(H,29,31)(H2,25,26,27). The number of guanidine groups is 1. The Morgan fingerprint density at radius 2 is 2.00 bits per heavy atom. The van der Waals surface area contributed by atoms with Crippen molar-refractivity contribution < 1.29 is 9.18 Å². The molecule has 0 saturated heterocycles. The van der Waals surface area contributed by atoms with Crippen molar-refractivity contribution in [2.75, 3.05) is 11.9 Å². The molecule has 2 aromatic carbocycles. The summed E-state index contributed by atoms with van der Waals surface area (Å²) in [6, 6.07) is 14.5. The largest absolute Gasteiger partial charge is 0.357 e. The molecule has 0 bridgehead atoms. The summed E-state index contributed by atoms with van der Waals surface area (Å²) in [6.45, 7) is 5.48. The van der Waals surface area contributed by atoms with E-state index in [2.05, 4.69) is 26.0 Å². The van der Waals surface area contributed by atoms with Gasteiger partial charge in [-0.3, -0.25) is 9.48 Å². The van der Waals surface area contributed by atoms with Crippen LogP contribution in [0.2, 0.25) is 0 Å². The Kier molecular flexibility index (Phi) is 7.75. The number of amides is 1. The van der Waals surface area contributed by atoms with Crippen LogP contribution in [-0.2, 0) is 24.4 Å². The molecule has 1 aromatic heterocycles. The number of carbonyl (C=O) groups excluding carboxylic acids is 1. The molecule has 0 saturated carbocycles. The van der Waals surface area contributed by atoms with Gasteiger partial charge in [0.15, 0.2) is 5.96 Å². The lowest BCUT2D eigenvalue weighted by Gasteiger charge is -2.12. The number of halogens is 1. The smallest absolute Gasteiger partial charge is 0.246 e. The molecule has 1 amide bonds. The van der Waals surface area contributed by atoms with Gasteiger partial charge in [-0.1, -0.05) is 24.3 Å². The molecular weight excluding hydrogens is 395 g/mol. The highest BCUT2D eigenvalue weighted by atomic mass is 19.1. The van der Waals surface area contributed by atoms with Crippen molar-refractivity contribution in [2.24, 2.45) is 4.99 Å². The van der Waals surface area contributed by atoms with E-state index in [1.165, 1.54) is 6.07 Å². The van der Waals surface area contributed by atoms with Crippen LogP contribution in [0.3, 0.4) is 0 Å². The fourth-order valence-electron chi connectivity index (χ4n) is 2.93. The SMILES string of the molecule is CCNC(=NCc1cccc(NC(=O)Cn2cccn2)c1)NCc1ccc(C)c(F)c1. The molecule has 3 aromatic rings. The highest BCUT2D eigenvalue weighted by Crippen LogP contribution is 2.12. The van der Waals surface area contributed by atoms with Crippen LogP contribution >= 0.6 is 0 Å². The lowest BCUT2D eigenvalue weighted by molar-refractivity contribution is -0.116. The van der Waals surface area contributed by atoms with E-state index < -0.39 is 0 Å². The molecule has 3 N–H and O–H groups in total. The molecule has 0 aliphatic rings. The van der Waals surface area contributed by atoms with Crippen LogP contribution in [0, 0.1) is 12.7 Å². The second-order valence-electron chi connectivity index (χ2n) is 7.08. The Morgan fingerprint density at radius 1 is 1.13 bits per heavy atom. The lowest BCUT2D eigenvalue weighted by Crippen LogP contribution is -2.36. The molecule has 0 aliphatic carbocycles. The minimum atomic E-state index is -0.215. The molecule has 7 nitrogen and oxygen atoms in total. The minimum Gasteiger partial charge on any atom is -0.357 e. The lowest BCUT2D eigenvalue weighted by atomic mass is 10.1. The summed E-state index contributed by atoms with van der Waals surface area (Å²) in [5.74, 6) is 0.272. The maximum absolute atomic E-state index is 13.7. The summed E-state index contributed by atoms with van der Waals surface area (Å²) in [5, 5.41) is 13.3. The Hall–Kier alpha value is -3.68. The Morgan fingerprint density at radius 3 is 2.74 bits per heavy atom. The molecule has 0 radical (unpaired) electrons. The molecule has 0 spiro atoms. The van der Waals surface area contributed by atoms with Crippen molar-refractivity contribution in [3.8, 4) is 0 Å². The number of aromatic nitrogens is 2. The molecular formula is C23H27FN6O. The second kappa shape index (κ2) is 10.9. The number of carbonyl (C=O) groups is 1. The highest BCUT2D eigenvalue weighted by molar-refractivity contribution is 5.90. The molecule has 31 heavy (non-hydrogen) atoms. The van der Waals surface area contributed by atoms with E-state index in [-0.39, 0.29) is 18.3 Å². The number of anilines is 1. The van der Waals surface area contributed by atoms with E-state index in [1.807, 2.05) is 37.3 Å². The molecule has 0 unspecified atom stereocenters. The van der Waals surface area contributed by atoms with Gasteiger partial charge in [-0.2, -0.15) is 5.10 Å². The first-order valence-electron chi connectivity index (χ1n) is 10.2. The van der Waals surface area contributed by atoms with Gasteiger partial charge in [0.1, 0.15) is 12.4 Å². The van der Waals surface area contributed by atoms with Crippen molar-refractivity contribution in [3.63, 3.8) is 0 Å². The summed E-state index contributed by atoms with van der Waals surface area (Å²) >= 11 is 0. The maximum atomic E-state index is 13.7. The van der Waals surface area contributed by atoms with Crippen LogP contribution < -0.4 is 16.0 Å². The van der Waals surface area contributed by atoms with Gasteiger partial charge in [-0.15, -0.1) is 0 Å². The van der Waals surface area contributed by atoms with E-state index in [1.54, 1.807) is 36.1 Å². The van der Waals surface area contributed by atoms with Crippen LogP contribution in [0.4, 0.5) is 10.1 Å². The number of rotatable bonds is 8. The van der Waals surface area contributed by atoms with Gasteiger partial charge < -0.3 is 16.0 Å². The third kappa shape index (κ3) is 6.95. The number of nitrogens with zero attached hydrogens (tertiary/aromatic N) is 3. The molecule has 0 atom stereocenters. The summed E-state index contributed by atoms with van der Waals surface area (Å²) in [4.78, 5) is 16.8. The van der Waals surface area contributed by atoms with Crippen molar-refractivity contribution >= 4 is 17.6 Å². The van der Waals surface area contributed by atoms with Gasteiger partial charge in [0.25, 0.3) is 0 Å². The average Bonchev–Trinajstić information content (AvgIpc) is 3.25. The number of hydrogen-bond donors (Lipinski definition) is 3. The number of benzene rings is 2. The van der Waals surface area contributed by atoms with E-state index in [0.717, 1.165) is 11.1 Å². The molecule has 3 rings (SSSR count). The van der Waals surface area contributed by atoms with Crippen molar-refractivity contribution in [3.05, 3.63) is 83.4 Å². The Balaban J connectivity index is 1.58. The highest BCUT2D eigenvalue weighted by Gasteiger charge is 2.05. The van der Waals surface area contributed by atoms with E-state index in [9.17, 15) is 9.18 Å². The second-order valence-corrected chi connectivity index (χ2v) is 7.08. The van der Waals surface area contributed by atoms with Gasteiger partial charge in [0.05, 0.1) is 6.54 Å². The predicted octanol–water partition coefficient (Wildman–Crippen LogP) is 3.22. The first kappa shape index (κ1) is 22.0. The molecule has 162 valence electrons. The predicted molar refractivity (Wildman–Crippen MR) is 120 cm³/mol. The van der Waals surface area contributed by atoms with E-state index in [0.29, 0.717) is 36.8 Å². The fraction of sp³-hybridized carbons (Fsp3) is 0.261. The number of nitrogens with one attached hydrogen (secondary N) is 3. The fourth-order valence-corrected chi connectivity index (χ4v) is 2.93. The van der Waals surface area contributed by atoms with Crippen LogP contribution in [0.15, 0.2) is 65.9 Å². The normalized spacial score (nSPS) is 11.3. The minimum absolute atomic E-state index is 0.148. The van der Waals surface area contributed by atoms with Gasteiger partial charge in [0, 0.05) is 31.2 Å². The monoisotopic (exact) mass is 422 g/mol. The number of aryl methyl sites for hydroxylation is 1. The maximum Gasteiger partial charge on any atom is 0.246 e. The topological polar surface area (TPSA) is 83.3 Å². The summed E-state index contributed by atoms with van der Waals surface area (Å²) in [6.07, 6.45) is 3.38. The van der Waals surface area contributed by atoms with Crippen LogP contribution in [0.5, 0.6) is 0 Å². The van der Waals surface area contributed by atoms with Gasteiger partial charge in [-0.25, -0.2) is 9.38 Å². The first-order chi connectivity index (χ1) is 15.0. The van der Waals surface area contributed by atoms with Crippen molar-refractivity contribution in [1.29, 1.82) is 0 Å². The van der Waals surface area contributed by atoms with E-state index >= 15 is 0 Å². The first-order valence-corrected chi connectivity index (χ1v) is 10.2. The Labute approximate surface area is 181 Å². The summed E-state index contributed by atoms with van der Waals surface area (Å²) in [7, 11) is 0. The molecule has 0 aliphatic heterocycles. The van der Waals surface area contributed by atoms with Crippen LogP contribution in [-0.4, -0.2) is 28.2 Å². The quantitative estimate of drug-likeness (QED) is 0.385. The Bertz CT molecular complexity index is 1030. The zero-order chi connectivity index (χ0) is 22.1. The van der Waals surface area contributed by atoms with Gasteiger partial charge in [0.2, 0.25) is 5.91 Å². The third-order valence-corrected chi connectivity index (χ3v) is 4.54. The zero-order valence-corrected chi connectivity index (χ0v) is 17.7. The molecule has 0 fully saturated rings.